The van der Waals surface area contributed by atoms with Gasteiger partial charge in [0.15, 0.2) is 9.84 Å². The number of amides is 1. The summed E-state index contributed by atoms with van der Waals surface area (Å²) in [5.41, 5.74) is 2.18. The fraction of sp³-hybridized carbons (Fsp3) is 0.381. The van der Waals surface area contributed by atoms with Gasteiger partial charge in [0.2, 0.25) is 5.91 Å². The number of aryl methyl sites for hydroxylation is 1. The molecule has 0 bridgehead atoms. The highest BCUT2D eigenvalue weighted by atomic mass is 35.5. The van der Waals surface area contributed by atoms with E-state index in [1.807, 2.05) is 36.1 Å². The Kier molecular flexibility index (Phi) is 7.22. The van der Waals surface area contributed by atoms with Crippen LogP contribution in [-0.4, -0.2) is 62.6 Å². The van der Waals surface area contributed by atoms with E-state index in [4.69, 9.17) is 23.2 Å². The topological polar surface area (TPSA) is 57.7 Å². The van der Waals surface area contributed by atoms with Gasteiger partial charge in [0.1, 0.15) is 0 Å². The zero-order chi connectivity index (χ0) is 21.0. The van der Waals surface area contributed by atoms with Gasteiger partial charge in [-0.3, -0.25) is 9.69 Å². The minimum Gasteiger partial charge on any atom is -0.340 e. The van der Waals surface area contributed by atoms with Gasteiger partial charge < -0.3 is 4.90 Å². The number of carbonyl (C=O) groups is 1. The van der Waals surface area contributed by atoms with Crippen LogP contribution in [0.4, 0.5) is 0 Å². The molecule has 1 aliphatic rings. The Labute approximate surface area is 182 Å². The Morgan fingerprint density at radius 1 is 1.00 bits per heavy atom. The normalized spacial score (nSPS) is 15.5. The van der Waals surface area contributed by atoms with Crippen molar-refractivity contribution >= 4 is 38.9 Å². The van der Waals surface area contributed by atoms with Crippen molar-refractivity contribution in [2.75, 3.05) is 38.5 Å². The first-order valence-corrected chi connectivity index (χ1v) is 11.9. The zero-order valence-electron chi connectivity index (χ0n) is 16.3. The summed E-state index contributed by atoms with van der Waals surface area (Å²) in [5.74, 6) is 0.0662. The van der Waals surface area contributed by atoms with E-state index in [0.29, 0.717) is 44.2 Å². The van der Waals surface area contributed by atoms with Crippen LogP contribution in [0.3, 0.4) is 0 Å². The number of benzene rings is 2. The average Bonchev–Trinajstić information content (AvgIpc) is 2.70. The first-order valence-electron chi connectivity index (χ1n) is 9.48. The summed E-state index contributed by atoms with van der Waals surface area (Å²) in [5, 5.41) is 0.523. The van der Waals surface area contributed by atoms with E-state index in [0.717, 1.165) is 5.56 Å². The third kappa shape index (κ3) is 5.95. The van der Waals surface area contributed by atoms with Crippen LogP contribution in [-0.2, 0) is 21.1 Å². The molecular formula is C21H24Cl2N2O3S. The molecular weight excluding hydrogens is 431 g/mol. The number of rotatable bonds is 6. The van der Waals surface area contributed by atoms with Gasteiger partial charge in [0.05, 0.1) is 22.1 Å². The number of halogens is 2. The number of nitrogens with zero attached hydrogens (tertiary/aromatic N) is 2. The molecule has 0 radical (unpaired) electrons. The molecule has 1 amide bonds. The summed E-state index contributed by atoms with van der Waals surface area (Å²) in [6, 6.07) is 12.4. The Hall–Kier alpha value is -1.60. The van der Waals surface area contributed by atoms with Gasteiger partial charge in [-0.15, -0.1) is 0 Å². The summed E-state index contributed by atoms with van der Waals surface area (Å²) in [6.07, 6.45) is 0.391. The molecule has 0 saturated carbocycles. The Bertz CT molecular complexity index is 970. The van der Waals surface area contributed by atoms with E-state index in [1.165, 1.54) is 17.7 Å². The van der Waals surface area contributed by atoms with Crippen LogP contribution in [0.15, 0.2) is 47.4 Å². The molecule has 1 saturated heterocycles. The lowest BCUT2D eigenvalue weighted by atomic mass is 10.1. The smallest absolute Gasteiger partial charge is 0.227 e. The highest BCUT2D eigenvalue weighted by Gasteiger charge is 2.24. The van der Waals surface area contributed by atoms with Crippen LogP contribution in [0, 0.1) is 6.92 Å². The van der Waals surface area contributed by atoms with Gasteiger partial charge in [-0.05, 0) is 30.7 Å². The van der Waals surface area contributed by atoms with Gasteiger partial charge >= 0.3 is 0 Å². The van der Waals surface area contributed by atoms with Gasteiger partial charge in [-0.2, -0.15) is 0 Å². The Balaban J connectivity index is 1.50. The fourth-order valence-corrected chi connectivity index (χ4v) is 5.39. The van der Waals surface area contributed by atoms with Gasteiger partial charge in [0.25, 0.3) is 0 Å². The second-order valence-electron chi connectivity index (χ2n) is 7.28. The lowest BCUT2D eigenvalue weighted by Crippen LogP contribution is -2.50. The monoisotopic (exact) mass is 454 g/mol. The maximum absolute atomic E-state index is 12.6. The molecule has 0 N–H and O–H groups in total. The Morgan fingerprint density at radius 3 is 2.31 bits per heavy atom. The van der Waals surface area contributed by atoms with E-state index in [9.17, 15) is 13.2 Å². The minimum atomic E-state index is -3.53. The highest BCUT2D eigenvalue weighted by Crippen LogP contribution is 2.26. The number of piperazine rings is 1. The molecule has 2 aromatic carbocycles. The standard InChI is InChI=1S/C21H24Cl2N2O3S/c1-16-2-4-17(5-3-16)14-21(26)25-10-8-24(9-11-25)12-13-29(27,28)20-15-18(22)6-7-19(20)23/h2-7,15H,8-14H2,1H3. The zero-order valence-corrected chi connectivity index (χ0v) is 18.6. The van der Waals surface area contributed by atoms with Gasteiger partial charge in [0, 0.05) is 37.7 Å². The second-order valence-corrected chi connectivity index (χ2v) is 10.2. The van der Waals surface area contributed by atoms with Crippen LogP contribution in [0.5, 0.6) is 0 Å². The summed E-state index contributed by atoms with van der Waals surface area (Å²) in [4.78, 5) is 16.5. The molecule has 2 aromatic rings. The quantitative estimate of drug-likeness (QED) is 0.670. The van der Waals surface area contributed by atoms with Crippen LogP contribution in [0.2, 0.25) is 10.0 Å². The van der Waals surface area contributed by atoms with Crippen LogP contribution >= 0.6 is 23.2 Å². The van der Waals surface area contributed by atoms with Crippen molar-refractivity contribution in [1.82, 2.24) is 9.80 Å². The van der Waals surface area contributed by atoms with Crippen molar-refractivity contribution in [2.45, 2.75) is 18.2 Å². The van der Waals surface area contributed by atoms with E-state index in [-0.39, 0.29) is 21.6 Å². The highest BCUT2D eigenvalue weighted by molar-refractivity contribution is 7.91. The lowest BCUT2D eigenvalue weighted by molar-refractivity contribution is -0.132. The molecule has 0 unspecified atom stereocenters. The molecule has 156 valence electrons. The third-order valence-corrected chi connectivity index (χ3v) is 7.51. The summed E-state index contributed by atoms with van der Waals surface area (Å²) in [6.45, 7) is 4.92. The first kappa shape index (κ1) is 22.1. The van der Waals surface area contributed by atoms with Crippen molar-refractivity contribution in [2.24, 2.45) is 0 Å². The van der Waals surface area contributed by atoms with E-state index < -0.39 is 9.84 Å². The van der Waals surface area contributed by atoms with Crippen molar-refractivity contribution in [3.05, 3.63) is 63.6 Å². The molecule has 5 nitrogen and oxygen atoms in total. The SMILES string of the molecule is Cc1ccc(CC(=O)N2CCN(CCS(=O)(=O)c3cc(Cl)ccc3Cl)CC2)cc1. The van der Waals surface area contributed by atoms with E-state index in [1.54, 1.807) is 6.07 Å². The molecule has 1 aliphatic heterocycles. The van der Waals surface area contributed by atoms with Crippen molar-refractivity contribution in [3.8, 4) is 0 Å². The largest absolute Gasteiger partial charge is 0.340 e. The maximum atomic E-state index is 12.6. The molecule has 0 aliphatic carbocycles. The number of hydrogen-bond donors (Lipinski definition) is 0. The Morgan fingerprint density at radius 2 is 1.66 bits per heavy atom. The van der Waals surface area contributed by atoms with Crippen molar-refractivity contribution < 1.29 is 13.2 Å². The number of sulfone groups is 1. The van der Waals surface area contributed by atoms with Crippen molar-refractivity contribution in [1.29, 1.82) is 0 Å². The second kappa shape index (κ2) is 9.47. The minimum absolute atomic E-state index is 0.0373. The predicted molar refractivity (Wildman–Crippen MR) is 116 cm³/mol. The molecule has 1 fully saturated rings. The molecule has 29 heavy (non-hydrogen) atoms. The summed E-state index contributed by atoms with van der Waals surface area (Å²) >= 11 is 11.9. The third-order valence-electron chi connectivity index (χ3n) is 5.11. The van der Waals surface area contributed by atoms with Gasteiger partial charge in [-0.25, -0.2) is 8.42 Å². The molecule has 0 aromatic heterocycles. The lowest BCUT2D eigenvalue weighted by Gasteiger charge is -2.34. The van der Waals surface area contributed by atoms with Crippen LogP contribution in [0.25, 0.3) is 0 Å². The predicted octanol–water partition coefficient (Wildman–Crippen LogP) is 3.46. The van der Waals surface area contributed by atoms with Crippen LogP contribution < -0.4 is 0 Å². The van der Waals surface area contributed by atoms with Gasteiger partial charge in [-0.1, -0.05) is 53.0 Å². The fourth-order valence-electron chi connectivity index (χ4n) is 3.29. The summed E-state index contributed by atoms with van der Waals surface area (Å²) < 4.78 is 25.2. The van der Waals surface area contributed by atoms with E-state index in [2.05, 4.69) is 4.90 Å². The summed E-state index contributed by atoms with van der Waals surface area (Å²) in [7, 11) is -3.53. The average molecular weight is 455 g/mol. The molecule has 0 spiro atoms. The molecule has 8 heteroatoms. The molecule has 0 atom stereocenters. The first-order chi connectivity index (χ1) is 13.7. The van der Waals surface area contributed by atoms with E-state index >= 15 is 0 Å². The molecule has 1 heterocycles. The molecule has 3 rings (SSSR count). The van der Waals surface area contributed by atoms with Crippen molar-refractivity contribution in [3.63, 3.8) is 0 Å². The van der Waals surface area contributed by atoms with Crippen LogP contribution in [0.1, 0.15) is 11.1 Å². The number of hydrogen-bond acceptors (Lipinski definition) is 4. The number of carbonyl (C=O) groups excluding carboxylic acids is 1. The maximum Gasteiger partial charge on any atom is 0.227 e.